The molecule has 1 atom stereocenters. The Bertz CT molecular complexity index is 634. The summed E-state index contributed by atoms with van der Waals surface area (Å²) in [6, 6.07) is 1.38. The van der Waals surface area contributed by atoms with Crippen LogP contribution in [0.5, 0.6) is 0 Å². The fraction of sp³-hybridized carbons (Fsp3) is 0.643. The molecule has 1 aromatic rings. The summed E-state index contributed by atoms with van der Waals surface area (Å²) < 4.78 is 24.7. The molecule has 1 saturated heterocycles. The van der Waals surface area contributed by atoms with E-state index in [1.54, 1.807) is 9.47 Å². The van der Waals surface area contributed by atoms with Crippen molar-refractivity contribution >= 4 is 15.9 Å². The van der Waals surface area contributed by atoms with Crippen LogP contribution in [0.3, 0.4) is 0 Å². The molecule has 1 aromatic heterocycles. The quantitative estimate of drug-likeness (QED) is 0.916. The van der Waals surface area contributed by atoms with Gasteiger partial charge in [-0.15, -0.1) is 0 Å². The van der Waals surface area contributed by atoms with Crippen LogP contribution < -0.4 is 5.14 Å². The highest BCUT2D eigenvalue weighted by Crippen LogP contribution is 2.24. The van der Waals surface area contributed by atoms with E-state index in [-0.39, 0.29) is 16.8 Å². The van der Waals surface area contributed by atoms with Crippen LogP contribution in [0.1, 0.15) is 50.1 Å². The zero-order valence-corrected chi connectivity index (χ0v) is 13.6. The Balaban J connectivity index is 2.34. The molecule has 21 heavy (non-hydrogen) atoms. The standard InChI is InChI=1S/C14H23N3O3S/c1-4-11-5-6-16(8-11)14(18)13-7-12(21(15,19)20)9-17(13)10(2)3/h7,9-11H,4-6,8H2,1-3H3,(H2,15,19,20). The number of nitrogens with zero attached hydrogens (tertiary/aromatic N) is 2. The number of amides is 1. The molecule has 118 valence electrons. The van der Waals surface area contributed by atoms with E-state index in [1.807, 2.05) is 13.8 Å². The summed E-state index contributed by atoms with van der Waals surface area (Å²) >= 11 is 0. The number of carbonyl (C=O) groups is 1. The number of aromatic nitrogens is 1. The average molecular weight is 313 g/mol. The van der Waals surface area contributed by atoms with Crippen molar-refractivity contribution in [3.8, 4) is 0 Å². The van der Waals surface area contributed by atoms with E-state index >= 15 is 0 Å². The molecular weight excluding hydrogens is 290 g/mol. The Labute approximate surface area is 126 Å². The zero-order chi connectivity index (χ0) is 15.8. The Morgan fingerprint density at radius 2 is 2.14 bits per heavy atom. The van der Waals surface area contributed by atoms with Crippen LogP contribution in [-0.2, 0) is 10.0 Å². The van der Waals surface area contributed by atoms with E-state index in [9.17, 15) is 13.2 Å². The smallest absolute Gasteiger partial charge is 0.270 e. The fourth-order valence-corrected chi connectivity index (χ4v) is 3.26. The van der Waals surface area contributed by atoms with E-state index in [0.717, 1.165) is 25.9 Å². The Hall–Kier alpha value is -1.34. The predicted molar refractivity (Wildman–Crippen MR) is 80.5 cm³/mol. The summed E-state index contributed by atoms with van der Waals surface area (Å²) in [5.41, 5.74) is 0.394. The van der Waals surface area contributed by atoms with Crippen molar-refractivity contribution in [3.63, 3.8) is 0 Å². The van der Waals surface area contributed by atoms with Gasteiger partial charge in [-0.1, -0.05) is 13.3 Å². The summed E-state index contributed by atoms with van der Waals surface area (Å²) in [6.45, 7) is 7.40. The molecule has 1 aliphatic rings. The van der Waals surface area contributed by atoms with Gasteiger partial charge in [-0.3, -0.25) is 4.79 Å². The third-order valence-electron chi connectivity index (χ3n) is 4.08. The van der Waals surface area contributed by atoms with E-state index in [2.05, 4.69) is 6.92 Å². The second-order valence-electron chi connectivity index (χ2n) is 5.92. The van der Waals surface area contributed by atoms with Crippen molar-refractivity contribution in [2.24, 2.45) is 11.1 Å². The van der Waals surface area contributed by atoms with Crippen molar-refractivity contribution in [2.45, 2.75) is 44.6 Å². The first kappa shape index (κ1) is 16.0. The lowest BCUT2D eigenvalue weighted by molar-refractivity contribution is 0.0774. The van der Waals surface area contributed by atoms with Crippen molar-refractivity contribution < 1.29 is 13.2 Å². The molecule has 0 aromatic carbocycles. The topological polar surface area (TPSA) is 85.4 Å². The molecule has 6 nitrogen and oxygen atoms in total. The highest BCUT2D eigenvalue weighted by Gasteiger charge is 2.29. The van der Waals surface area contributed by atoms with Crippen LogP contribution in [0.2, 0.25) is 0 Å². The second-order valence-corrected chi connectivity index (χ2v) is 7.48. The number of rotatable bonds is 4. The molecule has 7 heteroatoms. The molecule has 1 unspecified atom stereocenters. The van der Waals surface area contributed by atoms with Gasteiger partial charge in [-0.25, -0.2) is 13.6 Å². The Morgan fingerprint density at radius 1 is 1.48 bits per heavy atom. The largest absolute Gasteiger partial charge is 0.340 e. The molecule has 1 aliphatic heterocycles. The summed E-state index contributed by atoms with van der Waals surface area (Å²) in [4.78, 5) is 14.4. The third-order valence-corrected chi connectivity index (χ3v) is 4.96. The molecule has 0 spiro atoms. The lowest BCUT2D eigenvalue weighted by atomic mass is 10.1. The predicted octanol–water partition coefficient (Wildman–Crippen LogP) is 1.59. The summed E-state index contributed by atoms with van der Waals surface area (Å²) in [5, 5.41) is 5.17. The summed E-state index contributed by atoms with van der Waals surface area (Å²) in [7, 11) is -3.80. The van der Waals surface area contributed by atoms with Gasteiger partial charge in [0.15, 0.2) is 0 Å². The minimum absolute atomic E-state index is 0.00853. The van der Waals surface area contributed by atoms with Gasteiger partial charge in [0.25, 0.3) is 5.91 Å². The van der Waals surface area contributed by atoms with Gasteiger partial charge in [-0.05, 0) is 32.3 Å². The molecule has 0 aliphatic carbocycles. The van der Waals surface area contributed by atoms with Gasteiger partial charge in [0.05, 0.1) is 0 Å². The zero-order valence-electron chi connectivity index (χ0n) is 12.7. The number of carbonyl (C=O) groups excluding carboxylic acids is 1. The molecule has 1 fully saturated rings. The fourth-order valence-electron chi connectivity index (χ4n) is 2.72. The van der Waals surface area contributed by atoms with Crippen LogP contribution in [0, 0.1) is 5.92 Å². The van der Waals surface area contributed by atoms with Crippen molar-refractivity contribution in [1.29, 1.82) is 0 Å². The minimum atomic E-state index is -3.80. The van der Waals surface area contributed by atoms with Gasteiger partial charge < -0.3 is 9.47 Å². The lowest BCUT2D eigenvalue weighted by Crippen LogP contribution is -2.30. The van der Waals surface area contributed by atoms with Crippen molar-refractivity contribution in [3.05, 3.63) is 18.0 Å². The van der Waals surface area contributed by atoms with Crippen LogP contribution >= 0.6 is 0 Å². The number of hydrogen-bond acceptors (Lipinski definition) is 3. The Kier molecular flexibility index (Phi) is 4.43. The van der Waals surface area contributed by atoms with E-state index in [4.69, 9.17) is 5.14 Å². The molecule has 0 saturated carbocycles. The van der Waals surface area contributed by atoms with Crippen LogP contribution in [0.4, 0.5) is 0 Å². The Morgan fingerprint density at radius 3 is 2.62 bits per heavy atom. The van der Waals surface area contributed by atoms with E-state index in [1.165, 1.54) is 12.3 Å². The lowest BCUT2D eigenvalue weighted by Gasteiger charge is -2.19. The average Bonchev–Trinajstić information content (AvgIpc) is 3.04. The van der Waals surface area contributed by atoms with Gasteiger partial charge in [0.2, 0.25) is 10.0 Å². The summed E-state index contributed by atoms with van der Waals surface area (Å²) in [5.74, 6) is 0.420. The third kappa shape index (κ3) is 3.29. The number of likely N-dealkylation sites (tertiary alicyclic amines) is 1. The van der Waals surface area contributed by atoms with E-state index in [0.29, 0.717) is 11.6 Å². The van der Waals surface area contributed by atoms with Crippen LogP contribution in [0.15, 0.2) is 17.2 Å². The van der Waals surface area contributed by atoms with Crippen molar-refractivity contribution in [2.75, 3.05) is 13.1 Å². The SMILES string of the molecule is CCC1CCN(C(=O)c2cc(S(N)(=O)=O)cn2C(C)C)C1. The molecule has 0 bridgehead atoms. The highest BCUT2D eigenvalue weighted by atomic mass is 32.2. The summed E-state index contributed by atoms with van der Waals surface area (Å²) in [6.07, 6.45) is 3.50. The van der Waals surface area contributed by atoms with Crippen LogP contribution in [-0.4, -0.2) is 36.9 Å². The van der Waals surface area contributed by atoms with Gasteiger partial charge in [0.1, 0.15) is 10.6 Å². The minimum Gasteiger partial charge on any atom is -0.340 e. The van der Waals surface area contributed by atoms with Gasteiger partial charge in [0, 0.05) is 25.3 Å². The number of nitrogens with two attached hydrogens (primary N) is 1. The molecule has 0 radical (unpaired) electrons. The van der Waals surface area contributed by atoms with Crippen LogP contribution in [0.25, 0.3) is 0 Å². The highest BCUT2D eigenvalue weighted by molar-refractivity contribution is 7.89. The first-order chi connectivity index (χ1) is 9.74. The second kappa shape index (κ2) is 5.81. The molecular formula is C14H23N3O3S. The van der Waals surface area contributed by atoms with Crippen molar-refractivity contribution in [1.82, 2.24) is 9.47 Å². The molecule has 2 rings (SSSR count). The number of sulfonamides is 1. The van der Waals surface area contributed by atoms with Gasteiger partial charge in [-0.2, -0.15) is 0 Å². The monoisotopic (exact) mass is 313 g/mol. The molecule has 2 N–H and O–H groups in total. The molecule has 1 amide bonds. The maximum Gasteiger partial charge on any atom is 0.270 e. The van der Waals surface area contributed by atoms with Gasteiger partial charge >= 0.3 is 0 Å². The first-order valence-corrected chi connectivity index (χ1v) is 8.82. The molecule has 2 heterocycles. The maximum atomic E-state index is 12.6. The maximum absolute atomic E-state index is 12.6. The number of primary sulfonamides is 1. The number of hydrogen-bond donors (Lipinski definition) is 1. The van der Waals surface area contributed by atoms with E-state index < -0.39 is 10.0 Å². The first-order valence-electron chi connectivity index (χ1n) is 7.28. The normalized spacial score (nSPS) is 19.5.